The van der Waals surface area contributed by atoms with Gasteiger partial charge in [-0.25, -0.2) is 4.68 Å². The molecule has 1 amide bonds. The van der Waals surface area contributed by atoms with Gasteiger partial charge < -0.3 is 14.8 Å². The van der Waals surface area contributed by atoms with Gasteiger partial charge in [-0.2, -0.15) is 5.10 Å². The molecule has 0 saturated heterocycles. The number of anilines is 1. The van der Waals surface area contributed by atoms with E-state index in [4.69, 9.17) is 9.47 Å². The van der Waals surface area contributed by atoms with E-state index in [9.17, 15) is 9.59 Å². The summed E-state index contributed by atoms with van der Waals surface area (Å²) in [5, 5.41) is 7.61. The van der Waals surface area contributed by atoms with Crippen LogP contribution in [0.15, 0.2) is 36.4 Å². The van der Waals surface area contributed by atoms with Crippen molar-refractivity contribution in [2.45, 2.75) is 33.1 Å². The third-order valence-electron chi connectivity index (χ3n) is 5.66. The fourth-order valence-electron chi connectivity index (χ4n) is 4.24. The first-order valence-corrected chi connectivity index (χ1v) is 9.83. The van der Waals surface area contributed by atoms with E-state index in [1.807, 2.05) is 32.9 Å². The number of aryl methyl sites for hydroxylation is 3. The lowest BCUT2D eigenvalue weighted by Crippen LogP contribution is -2.28. The molecule has 1 N–H and O–H groups in total. The van der Waals surface area contributed by atoms with Gasteiger partial charge in [0.1, 0.15) is 5.82 Å². The number of carbonyl (C=O) groups is 2. The lowest BCUT2D eigenvalue weighted by atomic mass is 9.85. The van der Waals surface area contributed by atoms with Crippen molar-refractivity contribution in [1.82, 2.24) is 9.78 Å². The minimum absolute atomic E-state index is 0.0830. The Morgan fingerprint density at radius 1 is 1.10 bits per heavy atom. The molecule has 2 aliphatic heterocycles. The van der Waals surface area contributed by atoms with E-state index in [1.165, 1.54) is 0 Å². The summed E-state index contributed by atoms with van der Waals surface area (Å²) in [5.74, 6) is 0.792. The molecule has 0 bridgehead atoms. The number of aromatic nitrogens is 2. The number of ketones is 1. The Balaban J connectivity index is 1.60. The molecule has 2 aromatic carbocycles. The fraction of sp³-hybridized carbons (Fsp3) is 0.261. The normalized spacial score (nSPS) is 16.9. The number of amides is 1. The zero-order chi connectivity index (χ0) is 21.0. The summed E-state index contributed by atoms with van der Waals surface area (Å²) in [4.78, 5) is 25.9. The molecule has 7 nitrogen and oxygen atoms in total. The van der Waals surface area contributed by atoms with Gasteiger partial charge in [0.25, 0.3) is 0 Å². The van der Waals surface area contributed by atoms with E-state index >= 15 is 0 Å². The van der Waals surface area contributed by atoms with Gasteiger partial charge in [-0.05, 0) is 50.6 Å². The molecule has 1 atom stereocenters. The molecule has 7 heteroatoms. The number of ether oxygens (including phenoxy) is 2. The average Bonchev–Trinajstić information content (AvgIpc) is 3.31. The monoisotopic (exact) mass is 403 g/mol. The van der Waals surface area contributed by atoms with Crippen LogP contribution in [0, 0.1) is 20.8 Å². The molecule has 152 valence electrons. The van der Waals surface area contributed by atoms with E-state index < -0.39 is 5.92 Å². The minimum atomic E-state index is -0.603. The van der Waals surface area contributed by atoms with Crippen molar-refractivity contribution in [3.8, 4) is 17.2 Å². The van der Waals surface area contributed by atoms with E-state index in [-0.39, 0.29) is 24.9 Å². The summed E-state index contributed by atoms with van der Waals surface area (Å²) in [6, 6.07) is 11.2. The Labute approximate surface area is 173 Å². The van der Waals surface area contributed by atoms with Crippen molar-refractivity contribution < 1.29 is 19.1 Å². The van der Waals surface area contributed by atoms with E-state index in [0.717, 1.165) is 28.1 Å². The van der Waals surface area contributed by atoms with Crippen molar-refractivity contribution in [3.05, 3.63) is 64.3 Å². The molecule has 0 aliphatic carbocycles. The number of Topliss-reactive ketones (excluding diaryl/α,β-unsaturated/α-hetero) is 1. The molecule has 0 fully saturated rings. The second-order valence-electron chi connectivity index (χ2n) is 7.79. The van der Waals surface area contributed by atoms with Crippen LogP contribution in [0.1, 0.15) is 45.1 Å². The Morgan fingerprint density at radius 3 is 2.70 bits per heavy atom. The third kappa shape index (κ3) is 2.85. The van der Waals surface area contributed by atoms with Gasteiger partial charge in [-0.15, -0.1) is 0 Å². The number of rotatable bonds is 3. The van der Waals surface area contributed by atoms with Crippen molar-refractivity contribution in [2.75, 3.05) is 12.1 Å². The Kier molecular flexibility index (Phi) is 4.13. The third-order valence-corrected chi connectivity index (χ3v) is 5.66. The minimum Gasteiger partial charge on any atom is -0.454 e. The second-order valence-corrected chi connectivity index (χ2v) is 7.79. The predicted octanol–water partition coefficient (Wildman–Crippen LogP) is 3.83. The van der Waals surface area contributed by atoms with Crippen LogP contribution in [0.5, 0.6) is 11.5 Å². The summed E-state index contributed by atoms with van der Waals surface area (Å²) in [6.45, 7) is 6.05. The zero-order valence-corrected chi connectivity index (χ0v) is 17.0. The Hall–Kier alpha value is -3.61. The zero-order valence-electron chi connectivity index (χ0n) is 17.0. The standard InChI is InChI=1S/C23H21N3O4/c1-12-4-6-17(13(2)8-12)26-23-21(14(3)25-26)16(10-20(27)24-23)22(28)15-5-7-18-19(9-15)30-11-29-18/h4-9,16H,10-11H2,1-3H3,(H,24,27)/t16-/m0/s1. The summed E-state index contributed by atoms with van der Waals surface area (Å²) in [5.41, 5.74) is 5.04. The maximum absolute atomic E-state index is 13.4. The van der Waals surface area contributed by atoms with Crippen molar-refractivity contribution in [3.63, 3.8) is 0 Å². The lowest BCUT2D eigenvalue weighted by Gasteiger charge is -2.23. The number of nitrogens with zero attached hydrogens (tertiary/aromatic N) is 2. The summed E-state index contributed by atoms with van der Waals surface area (Å²) in [7, 11) is 0. The van der Waals surface area contributed by atoms with E-state index in [2.05, 4.69) is 16.5 Å². The topological polar surface area (TPSA) is 82.5 Å². The number of carbonyl (C=O) groups excluding carboxylic acids is 2. The first-order chi connectivity index (χ1) is 14.4. The van der Waals surface area contributed by atoms with E-state index in [1.54, 1.807) is 22.9 Å². The lowest BCUT2D eigenvalue weighted by molar-refractivity contribution is -0.116. The molecule has 3 heterocycles. The molecule has 1 aromatic heterocycles. The first-order valence-electron chi connectivity index (χ1n) is 9.83. The summed E-state index contributed by atoms with van der Waals surface area (Å²) in [6.07, 6.45) is 0.0830. The molecular formula is C23H21N3O4. The van der Waals surface area contributed by atoms with Crippen LogP contribution in [0.3, 0.4) is 0 Å². The van der Waals surface area contributed by atoms with Gasteiger partial charge in [-0.3, -0.25) is 9.59 Å². The fourth-order valence-corrected chi connectivity index (χ4v) is 4.24. The van der Waals surface area contributed by atoms with Crippen molar-refractivity contribution >= 4 is 17.5 Å². The van der Waals surface area contributed by atoms with Crippen molar-refractivity contribution in [1.29, 1.82) is 0 Å². The van der Waals surface area contributed by atoms with Crippen LogP contribution in [0.4, 0.5) is 5.82 Å². The van der Waals surface area contributed by atoms with Crippen molar-refractivity contribution in [2.24, 2.45) is 0 Å². The van der Waals surface area contributed by atoms with Crippen LogP contribution in [-0.4, -0.2) is 28.3 Å². The highest BCUT2D eigenvalue weighted by atomic mass is 16.7. The summed E-state index contributed by atoms with van der Waals surface area (Å²) < 4.78 is 12.5. The molecule has 0 unspecified atom stereocenters. The van der Waals surface area contributed by atoms with Gasteiger partial charge in [-0.1, -0.05) is 17.7 Å². The molecule has 30 heavy (non-hydrogen) atoms. The first kappa shape index (κ1) is 18.4. The highest BCUT2D eigenvalue weighted by molar-refractivity contribution is 6.08. The SMILES string of the molecule is Cc1ccc(-n2nc(C)c3c2NC(=O)C[C@@H]3C(=O)c2ccc3c(c2)OCO3)c(C)c1. The molecule has 3 aromatic rings. The second kappa shape index (κ2) is 6.73. The molecule has 0 saturated carbocycles. The number of nitrogens with one attached hydrogen (secondary N) is 1. The Morgan fingerprint density at radius 2 is 1.90 bits per heavy atom. The number of hydrogen-bond donors (Lipinski definition) is 1. The quantitative estimate of drug-likeness (QED) is 0.672. The maximum atomic E-state index is 13.4. The maximum Gasteiger partial charge on any atom is 0.231 e. The molecule has 2 aliphatic rings. The van der Waals surface area contributed by atoms with Gasteiger partial charge in [0, 0.05) is 17.5 Å². The molecular weight excluding hydrogens is 382 g/mol. The molecule has 0 spiro atoms. The largest absolute Gasteiger partial charge is 0.454 e. The average molecular weight is 403 g/mol. The number of fused-ring (bicyclic) bond motifs is 2. The van der Waals surface area contributed by atoms with E-state index in [0.29, 0.717) is 22.9 Å². The number of benzene rings is 2. The predicted molar refractivity (Wildman–Crippen MR) is 111 cm³/mol. The van der Waals surface area contributed by atoms with Crippen LogP contribution >= 0.6 is 0 Å². The van der Waals surface area contributed by atoms with Gasteiger partial charge in [0.2, 0.25) is 12.7 Å². The highest BCUT2D eigenvalue weighted by Crippen LogP contribution is 2.40. The van der Waals surface area contributed by atoms with Gasteiger partial charge in [0.15, 0.2) is 17.3 Å². The number of hydrogen-bond acceptors (Lipinski definition) is 5. The van der Waals surface area contributed by atoms with Crippen LogP contribution in [-0.2, 0) is 4.79 Å². The Bertz CT molecular complexity index is 1210. The van der Waals surface area contributed by atoms with Crippen LogP contribution < -0.4 is 14.8 Å². The molecule has 0 radical (unpaired) electrons. The van der Waals surface area contributed by atoms with Crippen LogP contribution in [0.2, 0.25) is 0 Å². The van der Waals surface area contributed by atoms with Gasteiger partial charge in [0.05, 0.1) is 17.3 Å². The van der Waals surface area contributed by atoms with Gasteiger partial charge >= 0.3 is 0 Å². The smallest absolute Gasteiger partial charge is 0.231 e. The molecule has 5 rings (SSSR count). The summed E-state index contributed by atoms with van der Waals surface area (Å²) >= 11 is 0. The van der Waals surface area contributed by atoms with Crippen LogP contribution in [0.25, 0.3) is 5.69 Å². The highest BCUT2D eigenvalue weighted by Gasteiger charge is 2.37.